The van der Waals surface area contributed by atoms with E-state index in [0.29, 0.717) is 5.41 Å². The van der Waals surface area contributed by atoms with Gasteiger partial charge in [0.1, 0.15) is 0 Å². The molecule has 0 aromatic heterocycles. The van der Waals surface area contributed by atoms with Gasteiger partial charge in [0.2, 0.25) is 0 Å². The number of nitrogens with two attached hydrogens (primary N) is 1. The predicted molar refractivity (Wildman–Crippen MR) is 72.1 cm³/mol. The third-order valence-electron chi connectivity index (χ3n) is 3.42. The Kier molecular flexibility index (Phi) is 3.27. The summed E-state index contributed by atoms with van der Waals surface area (Å²) >= 11 is 3.46. The minimum Gasteiger partial charge on any atom is -0.399 e. The molecule has 0 bridgehead atoms. The van der Waals surface area contributed by atoms with E-state index < -0.39 is 0 Å². The van der Waals surface area contributed by atoms with Gasteiger partial charge in [-0.15, -0.1) is 0 Å². The molecule has 1 aliphatic carbocycles. The molecule has 3 heteroatoms. The summed E-state index contributed by atoms with van der Waals surface area (Å²) in [6.07, 6.45) is 1.35. The van der Waals surface area contributed by atoms with Crippen LogP contribution in [-0.4, -0.2) is 6.54 Å². The van der Waals surface area contributed by atoms with Crippen LogP contribution in [-0.2, 0) is 6.54 Å². The predicted octanol–water partition coefficient (Wildman–Crippen LogP) is 3.17. The topological polar surface area (TPSA) is 38.0 Å². The van der Waals surface area contributed by atoms with Crippen molar-refractivity contribution in [1.82, 2.24) is 5.32 Å². The highest BCUT2D eigenvalue weighted by Crippen LogP contribution is 2.50. The molecule has 1 aliphatic rings. The van der Waals surface area contributed by atoms with Crippen molar-refractivity contribution in [3.8, 4) is 0 Å². The molecule has 0 spiro atoms. The van der Waals surface area contributed by atoms with Crippen LogP contribution in [0.5, 0.6) is 0 Å². The highest BCUT2D eigenvalue weighted by atomic mass is 79.9. The van der Waals surface area contributed by atoms with Crippen LogP contribution < -0.4 is 11.1 Å². The van der Waals surface area contributed by atoms with E-state index in [0.717, 1.165) is 29.2 Å². The fraction of sp³-hybridized carbons (Fsp3) is 0.538. The maximum absolute atomic E-state index is 5.79. The molecule has 0 amide bonds. The van der Waals surface area contributed by atoms with Crippen molar-refractivity contribution in [3.63, 3.8) is 0 Å². The number of benzene rings is 1. The second kappa shape index (κ2) is 4.38. The van der Waals surface area contributed by atoms with Gasteiger partial charge in [-0.25, -0.2) is 0 Å². The largest absolute Gasteiger partial charge is 0.399 e. The van der Waals surface area contributed by atoms with E-state index in [1.165, 1.54) is 12.0 Å². The lowest BCUT2D eigenvalue weighted by Gasteiger charge is -2.07. The van der Waals surface area contributed by atoms with E-state index in [-0.39, 0.29) is 0 Å². The quantitative estimate of drug-likeness (QED) is 0.833. The first-order valence-electron chi connectivity index (χ1n) is 5.73. The van der Waals surface area contributed by atoms with E-state index in [1.807, 2.05) is 12.1 Å². The molecule has 0 aliphatic heterocycles. The van der Waals surface area contributed by atoms with Crippen LogP contribution in [0.3, 0.4) is 0 Å². The van der Waals surface area contributed by atoms with Crippen molar-refractivity contribution < 1.29 is 0 Å². The summed E-state index contributed by atoms with van der Waals surface area (Å²) in [5, 5.41) is 3.50. The van der Waals surface area contributed by atoms with Crippen LogP contribution in [0.25, 0.3) is 0 Å². The number of nitrogen functional groups attached to an aromatic ring is 1. The molecule has 1 unspecified atom stereocenters. The molecule has 2 rings (SSSR count). The van der Waals surface area contributed by atoms with Gasteiger partial charge in [0.25, 0.3) is 0 Å². The Morgan fingerprint density at radius 1 is 1.44 bits per heavy atom. The number of hydrogen-bond acceptors (Lipinski definition) is 2. The minimum atomic E-state index is 0.559. The van der Waals surface area contributed by atoms with E-state index in [2.05, 4.69) is 41.2 Å². The number of hydrogen-bond donors (Lipinski definition) is 2. The average molecular weight is 283 g/mol. The van der Waals surface area contributed by atoms with Crippen LogP contribution in [0.15, 0.2) is 22.7 Å². The van der Waals surface area contributed by atoms with Crippen molar-refractivity contribution in [2.45, 2.75) is 26.8 Å². The lowest BCUT2D eigenvalue weighted by molar-refractivity contribution is 0.519. The number of rotatable bonds is 4. The molecule has 3 N–H and O–H groups in total. The van der Waals surface area contributed by atoms with Gasteiger partial charge in [0.15, 0.2) is 0 Å². The van der Waals surface area contributed by atoms with Gasteiger partial charge >= 0.3 is 0 Å². The Labute approximate surface area is 106 Å². The lowest BCUT2D eigenvalue weighted by atomic mass is 10.1. The minimum absolute atomic E-state index is 0.559. The normalized spacial score (nSPS) is 22.1. The monoisotopic (exact) mass is 282 g/mol. The molecule has 1 atom stereocenters. The van der Waals surface area contributed by atoms with E-state index in [1.54, 1.807) is 0 Å². The van der Waals surface area contributed by atoms with Gasteiger partial charge < -0.3 is 11.1 Å². The van der Waals surface area contributed by atoms with Crippen LogP contribution >= 0.6 is 15.9 Å². The highest BCUT2D eigenvalue weighted by molar-refractivity contribution is 9.10. The molecule has 0 radical (unpaired) electrons. The number of nitrogens with one attached hydrogen (secondary N) is 1. The fourth-order valence-electron chi connectivity index (χ4n) is 2.09. The molecule has 1 fully saturated rings. The molecular weight excluding hydrogens is 264 g/mol. The summed E-state index contributed by atoms with van der Waals surface area (Å²) in [5.41, 5.74) is 8.41. The van der Waals surface area contributed by atoms with Gasteiger partial charge in [-0.1, -0.05) is 29.8 Å². The Bertz CT molecular complexity index is 367. The Morgan fingerprint density at radius 3 is 2.69 bits per heavy atom. The second-order valence-corrected chi connectivity index (χ2v) is 6.33. The number of anilines is 1. The van der Waals surface area contributed by atoms with Gasteiger partial charge in [0.05, 0.1) is 0 Å². The van der Waals surface area contributed by atoms with Crippen molar-refractivity contribution >= 4 is 21.6 Å². The number of halogens is 1. The van der Waals surface area contributed by atoms with Crippen LogP contribution in [0.1, 0.15) is 25.8 Å². The average Bonchev–Trinajstić information content (AvgIpc) is 2.72. The van der Waals surface area contributed by atoms with Crippen molar-refractivity contribution in [2.75, 3.05) is 12.3 Å². The zero-order valence-electron chi connectivity index (χ0n) is 9.89. The molecule has 88 valence electrons. The van der Waals surface area contributed by atoms with Gasteiger partial charge in [-0.3, -0.25) is 0 Å². The molecule has 16 heavy (non-hydrogen) atoms. The SMILES string of the molecule is CC1(C)CC1CNCc1cc(N)cc(Br)c1. The molecule has 1 aromatic carbocycles. The van der Waals surface area contributed by atoms with Crippen molar-refractivity contribution in [1.29, 1.82) is 0 Å². The molecule has 2 nitrogen and oxygen atoms in total. The summed E-state index contributed by atoms with van der Waals surface area (Å²) in [6.45, 7) is 6.67. The summed E-state index contributed by atoms with van der Waals surface area (Å²) in [4.78, 5) is 0. The Balaban J connectivity index is 1.81. The van der Waals surface area contributed by atoms with Gasteiger partial charge in [0, 0.05) is 16.7 Å². The zero-order chi connectivity index (χ0) is 11.8. The van der Waals surface area contributed by atoms with Gasteiger partial charge in [-0.05, 0) is 48.1 Å². The van der Waals surface area contributed by atoms with Crippen molar-refractivity contribution in [2.24, 2.45) is 11.3 Å². The summed E-state index contributed by atoms with van der Waals surface area (Å²) in [7, 11) is 0. The van der Waals surface area contributed by atoms with Crippen LogP contribution in [0.4, 0.5) is 5.69 Å². The molecule has 0 saturated heterocycles. The Morgan fingerprint density at radius 2 is 2.12 bits per heavy atom. The first-order chi connectivity index (χ1) is 7.47. The second-order valence-electron chi connectivity index (χ2n) is 5.41. The fourth-order valence-corrected chi connectivity index (χ4v) is 2.65. The first kappa shape index (κ1) is 11.9. The summed E-state index contributed by atoms with van der Waals surface area (Å²) in [6, 6.07) is 6.06. The summed E-state index contributed by atoms with van der Waals surface area (Å²) < 4.78 is 1.05. The van der Waals surface area contributed by atoms with E-state index in [9.17, 15) is 0 Å². The molecule has 1 saturated carbocycles. The van der Waals surface area contributed by atoms with Crippen LogP contribution in [0, 0.1) is 11.3 Å². The van der Waals surface area contributed by atoms with E-state index in [4.69, 9.17) is 5.73 Å². The molecular formula is C13H19BrN2. The molecule has 1 aromatic rings. The van der Waals surface area contributed by atoms with Crippen molar-refractivity contribution in [3.05, 3.63) is 28.2 Å². The maximum atomic E-state index is 5.79. The lowest BCUT2D eigenvalue weighted by Crippen LogP contribution is -2.18. The third-order valence-corrected chi connectivity index (χ3v) is 3.88. The van der Waals surface area contributed by atoms with Crippen LogP contribution in [0.2, 0.25) is 0 Å². The highest BCUT2D eigenvalue weighted by Gasteiger charge is 2.44. The third kappa shape index (κ3) is 2.98. The van der Waals surface area contributed by atoms with Gasteiger partial charge in [-0.2, -0.15) is 0 Å². The maximum Gasteiger partial charge on any atom is 0.0328 e. The Hall–Kier alpha value is -0.540. The first-order valence-corrected chi connectivity index (χ1v) is 6.52. The smallest absolute Gasteiger partial charge is 0.0328 e. The standard InChI is InChI=1S/C13H19BrN2/c1-13(2)6-10(13)8-16-7-9-3-11(14)5-12(15)4-9/h3-5,10,16H,6-8,15H2,1-2H3. The zero-order valence-corrected chi connectivity index (χ0v) is 11.5. The summed E-state index contributed by atoms with van der Waals surface area (Å²) in [5.74, 6) is 0.844. The van der Waals surface area contributed by atoms with E-state index >= 15 is 0 Å². The molecule has 0 heterocycles.